The zero-order chi connectivity index (χ0) is 18.3. The summed E-state index contributed by atoms with van der Waals surface area (Å²) in [4.78, 5) is 19.8. The molecule has 1 aliphatic rings. The molecule has 0 atom stereocenters. The van der Waals surface area contributed by atoms with E-state index in [4.69, 9.17) is 0 Å². The van der Waals surface area contributed by atoms with Gasteiger partial charge in [0.05, 0.1) is 0 Å². The van der Waals surface area contributed by atoms with Crippen molar-refractivity contribution in [1.82, 2.24) is 14.8 Å². The summed E-state index contributed by atoms with van der Waals surface area (Å²) >= 11 is 0. The fraction of sp³-hybridized carbons (Fsp3) is 0.625. The number of hydrogen-bond donors (Lipinski definition) is 0. The van der Waals surface area contributed by atoms with Gasteiger partial charge < -0.3 is 9.64 Å². The van der Waals surface area contributed by atoms with Crippen molar-refractivity contribution in [1.29, 1.82) is 0 Å². The van der Waals surface area contributed by atoms with E-state index in [2.05, 4.69) is 14.6 Å². The molecule has 0 N–H and O–H groups in total. The third kappa shape index (κ3) is 6.24. The first kappa shape index (κ1) is 19.6. The molecule has 2 rings (SSSR count). The van der Waals surface area contributed by atoms with E-state index in [1.54, 1.807) is 12.4 Å². The van der Waals surface area contributed by atoms with Gasteiger partial charge >= 0.3 is 12.3 Å². The average Bonchev–Trinajstić information content (AvgIpc) is 2.81. The van der Waals surface area contributed by atoms with Gasteiger partial charge in [0.2, 0.25) is 5.91 Å². The Hall–Kier alpha value is -1.74. The minimum absolute atomic E-state index is 0.438. The van der Waals surface area contributed by atoms with Crippen molar-refractivity contribution < 1.29 is 27.1 Å². The first-order chi connectivity index (χ1) is 11.9. The first-order valence-electron chi connectivity index (χ1n) is 8.01. The fourth-order valence-corrected chi connectivity index (χ4v) is 2.56. The minimum atomic E-state index is -4.24. The molecule has 1 amide bonds. The van der Waals surface area contributed by atoms with Gasteiger partial charge in [0.15, 0.2) is 0 Å². The molecule has 1 aliphatic heterocycles. The third-order valence-corrected chi connectivity index (χ3v) is 3.91. The van der Waals surface area contributed by atoms with Crippen molar-refractivity contribution in [2.75, 3.05) is 39.4 Å². The number of alkyl halides is 4. The van der Waals surface area contributed by atoms with Crippen LogP contribution in [0.1, 0.15) is 12.0 Å². The molecule has 2 heterocycles. The van der Waals surface area contributed by atoms with E-state index >= 15 is 0 Å². The molecule has 0 aromatic carbocycles. The molecule has 0 aliphatic carbocycles. The summed E-state index contributed by atoms with van der Waals surface area (Å²) in [6, 6.07) is 3.83. The molecular formula is C16H21F4N3O2. The number of aromatic nitrogens is 1. The highest BCUT2D eigenvalue weighted by Crippen LogP contribution is 2.22. The van der Waals surface area contributed by atoms with Gasteiger partial charge in [-0.3, -0.25) is 14.7 Å². The summed E-state index contributed by atoms with van der Waals surface area (Å²) < 4.78 is 54.1. The molecule has 1 saturated heterocycles. The number of halogens is 4. The summed E-state index contributed by atoms with van der Waals surface area (Å²) in [7, 11) is 0. The molecule has 140 valence electrons. The van der Waals surface area contributed by atoms with Crippen LogP contribution in [-0.4, -0.2) is 72.4 Å². The number of rotatable bonds is 7. The highest BCUT2D eigenvalue weighted by molar-refractivity contribution is 5.77. The Balaban J connectivity index is 1.75. The lowest BCUT2D eigenvalue weighted by molar-refractivity contribution is -0.170. The van der Waals surface area contributed by atoms with Crippen LogP contribution in [0.3, 0.4) is 0 Å². The normalized spacial score (nSPS) is 16.9. The Morgan fingerprint density at radius 1 is 1.28 bits per heavy atom. The Morgan fingerprint density at radius 3 is 2.76 bits per heavy atom. The van der Waals surface area contributed by atoms with Gasteiger partial charge in [-0.15, -0.1) is 0 Å². The quantitative estimate of drug-likeness (QED) is 0.696. The molecule has 0 saturated carbocycles. The molecule has 1 aromatic heterocycles. The number of carbonyl (C=O) groups excluding carboxylic acids is 1. The average molecular weight is 363 g/mol. The van der Waals surface area contributed by atoms with Crippen molar-refractivity contribution >= 4 is 5.91 Å². The van der Waals surface area contributed by atoms with Gasteiger partial charge in [-0.25, -0.2) is 8.78 Å². The van der Waals surface area contributed by atoms with Crippen molar-refractivity contribution in [2.45, 2.75) is 25.3 Å². The van der Waals surface area contributed by atoms with Crippen LogP contribution < -0.4 is 0 Å². The molecule has 9 heteroatoms. The lowest BCUT2D eigenvalue weighted by Gasteiger charge is -2.22. The van der Waals surface area contributed by atoms with Crippen LogP contribution in [0.4, 0.5) is 17.6 Å². The van der Waals surface area contributed by atoms with Crippen LogP contribution in [-0.2, 0) is 16.1 Å². The van der Waals surface area contributed by atoms with Crippen molar-refractivity contribution in [3.8, 4) is 0 Å². The maximum atomic E-state index is 12.8. The largest absolute Gasteiger partial charge is 0.365 e. The first-order valence-corrected chi connectivity index (χ1v) is 8.01. The summed E-state index contributed by atoms with van der Waals surface area (Å²) in [6.07, 6.45) is 0.412. The molecular weight excluding hydrogens is 342 g/mol. The predicted molar refractivity (Wildman–Crippen MR) is 82.5 cm³/mol. The molecule has 1 aromatic rings. The summed E-state index contributed by atoms with van der Waals surface area (Å²) in [5.41, 5.74) is 1.07. The van der Waals surface area contributed by atoms with E-state index in [1.807, 2.05) is 12.1 Å². The number of ether oxygens (including phenoxy) is 1. The van der Waals surface area contributed by atoms with Crippen LogP contribution >= 0.6 is 0 Å². The second kappa shape index (κ2) is 9.10. The summed E-state index contributed by atoms with van der Waals surface area (Å²) in [5.74, 6) is -4.70. The summed E-state index contributed by atoms with van der Waals surface area (Å²) in [6.45, 7) is 0.983. The smallest absolute Gasteiger partial charge is 0.330 e. The number of carbonyl (C=O) groups is 1. The van der Waals surface area contributed by atoms with Gasteiger partial charge in [-0.1, -0.05) is 6.07 Å². The van der Waals surface area contributed by atoms with E-state index in [0.717, 1.165) is 18.5 Å². The molecule has 0 bridgehead atoms. The zero-order valence-electron chi connectivity index (χ0n) is 13.7. The van der Waals surface area contributed by atoms with E-state index in [0.29, 0.717) is 26.2 Å². The number of hydrogen-bond acceptors (Lipinski definition) is 4. The van der Waals surface area contributed by atoms with Gasteiger partial charge in [0.25, 0.3) is 0 Å². The Morgan fingerprint density at radius 2 is 2.08 bits per heavy atom. The molecule has 0 radical (unpaired) electrons. The highest BCUT2D eigenvalue weighted by atomic mass is 19.3. The molecule has 0 spiro atoms. The maximum Gasteiger partial charge on any atom is 0.330 e. The lowest BCUT2D eigenvalue weighted by Crippen LogP contribution is -2.39. The van der Waals surface area contributed by atoms with Crippen LogP contribution in [0, 0.1) is 0 Å². The van der Waals surface area contributed by atoms with Crippen LogP contribution in [0.5, 0.6) is 0 Å². The van der Waals surface area contributed by atoms with E-state index in [9.17, 15) is 22.4 Å². The summed E-state index contributed by atoms with van der Waals surface area (Å²) in [5, 5.41) is 0. The van der Waals surface area contributed by atoms with Gasteiger partial charge in [0.1, 0.15) is 13.2 Å². The second-order valence-electron chi connectivity index (χ2n) is 5.93. The SMILES string of the molecule is O=C(COCC(F)(F)C(F)F)N1CCCN(Cc2cccnc2)CC1. The minimum Gasteiger partial charge on any atom is -0.365 e. The third-order valence-electron chi connectivity index (χ3n) is 3.91. The van der Waals surface area contributed by atoms with E-state index in [1.165, 1.54) is 4.90 Å². The topological polar surface area (TPSA) is 45.7 Å². The number of pyridine rings is 1. The molecule has 0 unspecified atom stereocenters. The van der Waals surface area contributed by atoms with Gasteiger partial charge in [0, 0.05) is 45.1 Å². The van der Waals surface area contributed by atoms with Crippen molar-refractivity contribution in [3.05, 3.63) is 30.1 Å². The standard InChI is InChI=1S/C16H21F4N3O2/c17-15(18)16(19,20)12-25-11-14(24)23-6-2-5-22(7-8-23)10-13-3-1-4-21-9-13/h1,3-4,9,15H,2,5-8,10-12H2. The maximum absolute atomic E-state index is 12.8. The monoisotopic (exact) mass is 363 g/mol. The van der Waals surface area contributed by atoms with Crippen LogP contribution in [0.15, 0.2) is 24.5 Å². The number of amides is 1. The molecule has 5 nitrogen and oxygen atoms in total. The second-order valence-corrected chi connectivity index (χ2v) is 5.93. The highest BCUT2D eigenvalue weighted by Gasteiger charge is 2.41. The molecule has 1 fully saturated rings. The van der Waals surface area contributed by atoms with Crippen LogP contribution in [0.25, 0.3) is 0 Å². The van der Waals surface area contributed by atoms with Crippen molar-refractivity contribution in [3.63, 3.8) is 0 Å². The van der Waals surface area contributed by atoms with Gasteiger partial charge in [-0.2, -0.15) is 8.78 Å². The van der Waals surface area contributed by atoms with E-state index in [-0.39, 0.29) is 0 Å². The zero-order valence-corrected chi connectivity index (χ0v) is 13.7. The predicted octanol–water partition coefficient (Wildman–Crippen LogP) is 2.03. The lowest BCUT2D eigenvalue weighted by atomic mass is 10.2. The van der Waals surface area contributed by atoms with E-state index < -0.39 is 31.5 Å². The van der Waals surface area contributed by atoms with Gasteiger partial charge in [-0.05, 0) is 18.1 Å². The Labute approximate surface area is 143 Å². The van der Waals surface area contributed by atoms with Crippen LogP contribution in [0.2, 0.25) is 0 Å². The Kier molecular flexibility index (Phi) is 7.12. The fourth-order valence-electron chi connectivity index (χ4n) is 2.56. The number of nitrogens with zero attached hydrogens (tertiary/aromatic N) is 3. The molecule has 25 heavy (non-hydrogen) atoms. The van der Waals surface area contributed by atoms with Crippen molar-refractivity contribution in [2.24, 2.45) is 0 Å². The Bertz CT molecular complexity index is 545.